The number of rotatable bonds is 6. The highest BCUT2D eigenvalue weighted by molar-refractivity contribution is 9.10. The Labute approximate surface area is 113 Å². The third-order valence-corrected chi connectivity index (χ3v) is 3.94. The van der Waals surface area contributed by atoms with Crippen LogP contribution in [0.15, 0.2) is 16.6 Å². The van der Waals surface area contributed by atoms with Crippen molar-refractivity contribution in [3.8, 4) is 0 Å². The Kier molecular flexibility index (Phi) is 5.48. The predicted molar refractivity (Wildman–Crippen MR) is 70.0 cm³/mol. The second-order valence-electron chi connectivity index (χ2n) is 3.52. The summed E-state index contributed by atoms with van der Waals surface area (Å²) in [5, 5.41) is 2.84. The third kappa shape index (κ3) is 4.51. The summed E-state index contributed by atoms with van der Waals surface area (Å²) in [5.74, 6) is -1.94. The molecule has 1 rings (SSSR count). The van der Waals surface area contributed by atoms with Crippen LogP contribution >= 0.6 is 15.9 Å². The van der Waals surface area contributed by atoms with Crippen molar-refractivity contribution >= 4 is 31.6 Å². The molecule has 0 aliphatic rings. The van der Waals surface area contributed by atoms with Crippen molar-refractivity contribution in [2.75, 3.05) is 23.6 Å². The van der Waals surface area contributed by atoms with Crippen LogP contribution in [0.2, 0.25) is 0 Å². The van der Waals surface area contributed by atoms with Gasteiger partial charge >= 0.3 is 0 Å². The van der Waals surface area contributed by atoms with Gasteiger partial charge in [-0.15, -0.1) is 0 Å². The van der Waals surface area contributed by atoms with Crippen LogP contribution < -0.4 is 10.0 Å². The van der Waals surface area contributed by atoms with E-state index < -0.39 is 21.7 Å². The summed E-state index contributed by atoms with van der Waals surface area (Å²) in [6.07, 6.45) is 0. The van der Waals surface area contributed by atoms with Crippen molar-refractivity contribution in [3.63, 3.8) is 0 Å². The molecule has 4 nitrogen and oxygen atoms in total. The van der Waals surface area contributed by atoms with Gasteiger partial charge in [0.05, 0.1) is 11.4 Å². The average molecular weight is 343 g/mol. The zero-order valence-electron chi connectivity index (χ0n) is 9.63. The van der Waals surface area contributed by atoms with E-state index in [2.05, 4.69) is 26.0 Å². The van der Waals surface area contributed by atoms with E-state index in [4.69, 9.17) is 0 Å². The first-order chi connectivity index (χ1) is 8.35. The predicted octanol–water partition coefficient (Wildman–Crippen LogP) is 2.08. The molecule has 0 heterocycles. The number of benzene rings is 1. The third-order valence-electron chi connectivity index (χ3n) is 2.06. The van der Waals surface area contributed by atoms with E-state index in [-0.39, 0.29) is 22.5 Å². The lowest BCUT2D eigenvalue weighted by atomic mass is 10.3. The van der Waals surface area contributed by atoms with Crippen LogP contribution in [-0.2, 0) is 10.0 Å². The first-order valence-electron chi connectivity index (χ1n) is 5.21. The normalized spacial score (nSPS) is 11.6. The van der Waals surface area contributed by atoms with Crippen LogP contribution in [0, 0.1) is 11.6 Å². The molecule has 102 valence electrons. The number of hydrogen-bond acceptors (Lipinski definition) is 3. The minimum Gasteiger partial charge on any atom is -0.316 e. The Morgan fingerprint density at radius 3 is 2.56 bits per heavy atom. The van der Waals surface area contributed by atoms with Gasteiger partial charge in [0.15, 0.2) is 5.82 Å². The molecular formula is C10H13BrF2N2O2S. The van der Waals surface area contributed by atoms with Crippen LogP contribution in [0.4, 0.5) is 14.5 Å². The minimum absolute atomic E-state index is 0.0204. The summed E-state index contributed by atoms with van der Waals surface area (Å²) in [7, 11) is -3.67. The van der Waals surface area contributed by atoms with Crippen LogP contribution in [0.1, 0.15) is 6.92 Å². The van der Waals surface area contributed by atoms with E-state index in [0.29, 0.717) is 12.6 Å². The largest absolute Gasteiger partial charge is 0.316 e. The van der Waals surface area contributed by atoms with Crippen LogP contribution in [0.5, 0.6) is 0 Å². The molecule has 0 radical (unpaired) electrons. The highest BCUT2D eigenvalue weighted by atomic mass is 79.9. The molecule has 0 atom stereocenters. The molecule has 8 heteroatoms. The van der Waals surface area contributed by atoms with Gasteiger partial charge in [0.1, 0.15) is 5.82 Å². The molecule has 0 spiro atoms. The molecule has 0 aromatic heterocycles. The standard InChI is InChI=1S/C10H13BrF2N2O2S/c1-2-14-3-4-18(16,17)15-10-8(11)5-7(12)6-9(10)13/h5-6,14-15H,2-4H2,1H3. The number of nitrogens with one attached hydrogen (secondary N) is 2. The van der Waals surface area contributed by atoms with Gasteiger partial charge in [-0.25, -0.2) is 17.2 Å². The van der Waals surface area contributed by atoms with Crippen LogP contribution in [-0.4, -0.2) is 27.3 Å². The van der Waals surface area contributed by atoms with Gasteiger partial charge in [-0.2, -0.15) is 0 Å². The lowest BCUT2D eigenvalue weighted by molar-refractivity contribution is 0.581. The zero-order chi connectivity index (χ0) is 13.8. The van der Waals surface area contributed by atoms with Gasteiger partial charge in [0, 0.05) is 17.1 Å². The summed E-state index contributed by atoms with van der Waals surface area (Å²) in [4.78, 5) is 0. The van der Waals surface area contributed by atoms with Crippen molar-refractivity contribution in [3.05, 3.63) is 28.2 Å². The Balaban J connectivity index is 2.84. The van der Waals surface area contributed by atoms with E-state index in [1.165, 1.54) is 0 Å². The number of sulfonamides is 1. The molecule has 2 N–H and O–H groups in total. The maximum atomic E-state index is 13.4. The molecule has 0 bridgehead atoms. The number of anilines is 1. The summed E-state index contributed by atoms with van der Waals surface area (Å²) < 4.78 is 51.6. The van der Waals surface area contributed by atoms with Gasteiger partial charge < -0.3 is 5.32 Å². The van der Waals surface area contributed by atoms with Crippen molar-refractivity contribution in [1.82, 2.24) is 5.32 Å². The van der Waals surface area contributed by atoms with Gasteiger partial charge in [-0.05, 0) is 28.5 Å². The second kappa shape index (κ2) is 6.44. The Morgan fingerprint density at radius 1 is 1.33 bits per heavy atom. The van der Waals surface area contributed by atoms with Gasteiger partial charge in [-0.1, -0.05) is 6.92 Å². The van der Waals surface area contributed by atoms with Crippen LogP contribution in [0.25, 0.3) is 0 Å². The van der Waals surface area contributed by atoms with Crippen molar-refractivity contribution < 1.29 is 17.2 Å². The Morgan fingerprint density at radius 2 is 2.00 bits per heavy atom. The van der Waals surface area contributed by atoms with Crippen molar-refractivity contribution in [1.29, 1.82) is 0 Å². The van der Waals surface area contributed by atoms with Gasteiger partial charge in [0.25, 0.3) is 0 Å². The maximum absolute atomic E-state index is 13.4. The molecule has 0 aliphatic heterocycles. The Bertz CT molecular complexity index is 500. The minimum atomic E-state index is -3.67. The summed E-state index contributed by atoms with van der Waals surface area (Å²) in [6.45, 7) is 2.74. The Hall–Kier alpha value is -0.730. The van der Waals surface area contributed by atoms with Crippen LogP contribution in [0.3, 0.4) is 0 Å². The monoisotopic (exact) mass is 342 g/mol. The molecular weight excluding hydrogens is 330 g/mol. The smallest absolute Gasteiger partial charge is 0.234 e. The highest BCUT2D eigenvalue weighted by Gasteiger charge is 2.16. The van der Waals surface area contributed by atoms with E-state index in [0.717, 1.165) is 6.07 Å². The van der Waals surface area contributed by atoms with Crippen molar-refractivity contribution in [2.45, 2.75) is 6.92 Å². The van der Waals surface area contributed by atoms with E-state index in [1.807, 2.05) is 6.92 Å². The molecule has 0 amide bonds. The molecule has 1 aromatic rings. The zero-order valence-corrected chi connectivity index (χ0v) is 12.0. The van der Waals surface area contributed by atoms with Gasteiger partial charge in [-0.3, -0.25) is 4.72 Å². The highest BCUT2D eigenvalue weighted by Crippen LogP contribution is 2.27. The summed E-state index contributed by atoms with van der Waals surface area (Å²) in [5.41, 5.74) is -0.284. The molecule has 1 aromatic carbocycles. The fourth-order valence-electron chi connectivity index (χ4n) is 1.23. The maximum Gasteiger partial charge on any atom is 0.234 e. The fourth-order valence-corrected chi connectivity index (χ4v) is 2.90. The summed E-state index contributed by atoms with van der Waals surface area (Å²) in [6, 6.07) is 1.61. The quantitative estimate of drug-likeness (QED) is 0.778. The first-order valence-corrected chi connectivity index (χ1v) is 7.66. The lowest BCUT2D eigenvalue weighted by Gasteiger charge is -2.11. The fraction of sp³-hybridized carbons (Fsp3) is 0.400. The second-order valence-corrected chi connectivity index (χ2v) is 6.22. The molecule has 0 saturated carbocycles. The SMILES string of the molecule is CCNCCS(=O)(=O)Nc1c(F)cc(F)cc1Br. The molecule has 0 fully saturated rings. The summed E-state index contributed by atoms with van der Waals surface area (Å²) >= 11 is 2.91. The molecule has 0 saturated heterocycles. The van der Waals surface area contributed by atoms with E-state index >= 15 is 0 Å². The van der Waals surface area contributed by atoms with E-state index in [9.17, 15) is 17.2 Å². The number of hydrogen-bond donors (Lipinski definition) is 2. The topological polar surface area (TPSA) is 58.2 Å². The van der Waals surface area contributed by atoms with Crippen molar-refractivity contribution in [2.24, 2.45) is 0 Å². The lowest BCUT2D eigenvalue weighted by Crippen LogP contribution is -2.27. The average Bonchev–Trinajstić information content (AvgIpc) is 2.23. The first kappa shape index (κ1) is 15.3. The molecule has 18 heavy (non-hydrogen) atoms. The molecule has 0 aliphatic carbocycles. The number of halogens is 3. The molecule has 0 unspecified atom stereocenters. The van der Waals surface area contributed by atoms with Gasteiger partial charge in [0.2, 0.25) is 10.0 Å². The van der Waals surface area contributed by atoms with E-state index in [1.54, 1.807) is 0 Å².